The monoisotopic (exact) mass is 297 g/mol. The molecule has 0 fully saturated rings. The van der Waals surface area contributed by atoms with Crippen molar-refractivity contribution in [3.63, 3.8) is 0 Å². The van der Waals surface area contributed by atoms with Gasteiger partial charge in [0.05, 0.1) is 4.47 Å². The molecule has 0 aliphatic rings. The van der Waals surface area contributed by atoms with Crippen molar-refractivity contribution in [2.24, 2.45) is 0 Å². The van der Waals surface area contributed by atoms with Crippen molar-refractivity contribution in [3.8, 4) is 5.75 Å². The first-order valence-electron chi connectivity index (χ1n) is 4.56. The first-order chi connectivity index (χ1) is 8.11. The van der Waals surface area contributed by atoms with Crippen LogP contribution in [-0.4, -0.2) is 11.6 Å². The predicted molar refractivity (Wildman–Crippen MR) is 62.3 cm³/mol. The molecule has 0 unspecified atom stereocenters. The summed E-state index contributed by atoms with van der Waals surface area (Å²) in [5.41, 5.74) is 0.131. The van der Waals surface area contributed by atoms with Crippen molar-refractivity contribution in [1.29, 1.82) is 0 Å². The zero-order chi connectivity index (χ0) is 12.4. The Balaban J connectivity index is 2.69. The third-order valence-electron chi connectivity index (χ3n) is 2.18. The standard InChI is InChI=1S/C11H6BrO5/c12-8-2-7-6(4-16-5-13)1-11(15)17-10(7)3-9(8)14/h1-3,14H,4H2. The summed E-state index contributed by atoms with van der Waals surface area (Å²) in [7, 11) is 0. The van der Waals surface area contributed by atoms with E-state index in [9.17, 15) is 14.7 Å². The van der Waals surface area contributed by atoms with Gasteiger partial charge < -0.3 is 14.3 Å². The number of halogens is 1. The molecule has 1 N–H and O–H groups in total. The van der Waals surface area contributed by atoms with Crippen LogP contribution in [0, 0.1) is 0 Å². The molecule has 0 aliphatic carbocycles. The summed E-state index contributed by atoms with van der Waals surface area (Å²) in [6, 6.07) is 4.12. The molecule has 1 radical (unpaired) electrons. The molecule has 5 nitrogen and oxygen atoms in total. The normalized spacial score (nSPS) is 10.4. The van der Waals surface area contributed by atoms with Crippen LogP contribution in [-0.2, 0) is 16.1 Å². The smallest absolute Gasteiger partial charge is 0.417 e. The minimum atomic E-state index is -0.580. The number of ether oxygens (including phenoxy) is 1. The van der Waals surface area contributed by atoms with Crippen LogP contribution >= 0.6 is 15.9 Å². The fourth-order valence-corrected chi connectivity index (χ4v) is 1.81. The number of carbonyl (C=O) groups excluding carboxylic acids is 1. The maximum atomic E-state index is 11.2. The second-order valence-corrected chi connectivity index (χ2v) is 4.12. The molecule has 0 aliphatic heterocycles. The number of hydrogen-bond donors (Lipinski definition) is 1. The highest BCUT2D eigenvalue weighted by molar-refractivity contribution is 9.10. The summed E-state index contributed by atoms with van der Waals surface area (Å²) < 4.78 is 9.87. The van der Waals surface area contributed by atoms with Crippen molar-refractivity contribution in [2.75, 3.05) is 0 Å². The lowest BCUT2D eigenvalue weighted by molar-refractivity contribution is 0.267. The van der Waals surface area contributed by atoms with Gasteiger partial charge in [-0.2, -0.15) is 0 Å². The Morgan fingerprint density at radius 1 is 1.41 bits per heavy atom. The van der Waals surface area contributed by atoms with Crippen LogP contribution in [0.4, 0.5) is 0 Å². The van der Waals surface area contributed by atoms with Crippen LogP contribution in [0.5, 0.6) is 5.75 Å². The maximum absolute atomic E-state index is 11.2. The molecule has 6 heteroatoms. The van der Waals surface area contributed by atoms with Gasteiger partial charge in [-0.15, -0.1) is 0 Å². The largest absolute Gasteiger partial charge is 0.507 e. The summed E-state index contributed by atoms with van der Waals surface area (Å²) in [6.07, 6.45) is 0. The van der Waals surface area contributed by atoms with Gasteiger partial charge in [-0.3, -0.25) is 0 Å². The van der Waals surface area contributed by atoms with E-state index in [1.54, 1.807) is 6.07 Å². The summed E-state index contributed by atoms with van der Waals surface area (Å²) in [6.45, 7) is 1.20. The van der Waals surface area contributed by atoms with E-state index >= 15 is 0 Å². The highest BCUT2D eigenvalue weighted by Crippen LogP contribution is 2.30. The van der Waals surface area contributed by atoms with Gasteiger partial charge in [0, 0.05) is 23.1 Å². The van der Waals surface area contributed by atoms with E-state index in [0.29, 0.717) is 15.4 Å². The van der Waals surface area contributed by atoms with Crippen LogP contribution < -0.4 is 5.63 Å². The van der Waals surface area contributed by atoms with Crippen molar-refractivity contribution in [1.82, 2.24) is 0 Å². The Kier molecular flexibility index (Phi) is 3.14. The molecule has 1 heterocycles. The van der Waals surface area contributed by atoms with Gasteiger partial charge in [-0.25, -0.2) is 9.59 Å². The number of hydrogen-bond acceptors (Lipinski definition) is 5. The molecular weight excluding hydrogens is 292 g/mol. The number of rotatable bonds is 3. The lowest BCUT2D eigenvalue weighted by atomic mass is 10.1. The zero-order valence-electron chi connectivity index (χ0n) is 8.40. The summed E-state index contributed by atoms with van der Waals surface area (Å²) in [4.78, 5) is 21.3. The predicted octanol–water partition coefficient (Wildman–Crippen LogP) is 1.84. The van der Waals surface area contributed by atoms with Crippen LogP contribution in [0.2, 0.25) is 0 Å². The van der Waals surface area contributed by atoms with E-state index < -0.39 is 5.63 Å². The number of fused-ring (bicyclic) bond motifs is 1. The summed E-state index contributed by atoms with van der Waals surface area (Å²) >= 11 is 3.15. The lowest BCUT2D eigenvalue weighted by Crippen LogP contribution is -2.02. The Labute approximate surface area is 104 Å². The summed E-state index contributed by atoms with van der Waals surface area (Å²) in [5, 5.41) is 10.0. The molecule has 87 valence electrons. The van der Waals surface area contributed by atoms with E-state index in [2.05, 4.69) is 20.7 Å². The maximum Gasteiger partial charge on any atom is 0.417 e. The van der Waals surface area contributed by atoms with E-state index in [1.165, 1.54) is 18.6 Å². The Bertz CT molecular complexity index is 632. The average Bonchev–Trinajstić information content (AvgIpc) is 2.28. The SMILES string of the molecule is O=[C]OCc1cc(=O)oc2cc(O)c(Br)cc12. The van der Waals surface area contributed by atoms with E-state index in [4.69, 9.17) is 4.42 Å². The first-order valence-corrected chi connectivity index (χ1v) is 5.35. The fourth-order valence-electron chi connectivity index (χ4n) is 1.46. The van der Waals surface area contributed by atoms with E-state index in [-0.39, 0.29) is 17.9 Å². The number of aromatic hydroxyl groups is 1. The topological polar surface area (TPSA) is 76.7 Å². The third kappa shape index (κ3) is 2.31. The fraction of sp³-hybridized carbons (Fsp3) is 0.0909. The lowest BCUT2D eigenvalue weighted by Gasteiger charge is -2.05. The van der Waals surface area contributed by atoms with Gasteiger partial charge in [-0.1, -0.05) is 0 Å². The number of phenols is 1. The molecule has 0 saturated carbocycles. The van der Waals surface area contributed by atoms with Gasteiger partial charge in [0.2, 0.25) is 0 Å². The molecule has 0 atom stereocenters. The third-order valence-corrected chi connectivity index (χ3v) is 2.82. The Morgan fingerprint density at radius 3 is 2.88 bits per heavy atom. The first kappa shape index (κ1) is 11.7. The minimum Gasteiger partial charge on any atom is -0.507 e. The quantitative estimate of drug-likeness (QED) is 0.875. The molecule has 1 aromatic carbocycles. The van der Waals surface area contributed by atoms with Crippen molar-refractivity contribution in [2.45, 2.75) is 6.61 Å². The molecule has 0 amide bonds. The van der Waals surface area contributed by atoms with Gasteiger partial charge in [0.25, 0.3) is 0 Å². The van der Waals surface area contributed by atoms with E-state index in [0.717, 1.165) is 0 Å². The van der Waals surface area contributed by atoms with Gasteiger partial charge in [0.15, 0.2) is 0 Å². The summed E-state index contributed by atoms with van der Waals surface area (Å²) in [5.74, 6) is -0.0410. The van der Waals surface area contributed by atoms with Crippen LogP contribution in [0.25, 0.3) is 11.0 Å². The number of phenolic OH excluding ortho intramolecular Hbond substituents is 1. The van der Waals surface area contributed by atoms with Crippen LogP contribution in [0.1, 0.15) is 5.56 Å². The molecule has 17 heavy (non-hydrogen) atoms. The van der Waals surface area contributed by atoms with Crippen molar-refractivity contribution in [3.05, 3.63) is 38.7 Å². The van der Waals surface area contributed by atoms with Gasteiger partial charge in [-0.05, 0) is 22.0 Å². The molecular formula is C11H6BrO5. The molecule has 0 spiro atoms. The molecule has 0 bridgehead atoms. The van der Waals surface area contributed by atoms with Crippen molar-refractivity contribution < 1.29 is 19.1 Å². The van der Waals surface area contributed by atoms with Gasteiger partial charge >= 0.3 is 12.1 Å². The minimum absolute atomic E-state index is 0.0410. The number of benzene rings is 1. The highest BCUT2D eigenvalue weighted by Gasteiger charge is 2.09. The van der Waals surface area contributed by atoms with Gasteiger partial charge in [0.1, 0.15) is 17.9 Å². The average molecular weight is 298 g/mol. The molecule has 1 aromatic heterocycles. The van der Waals surface area contributed by atoms with Crippen LogP contribution in [0.3, 0.4) is 0 Å². The molecule has 2 rings (SSSR count). The molecule has 2 aromatic rings. The van der Waals surface area contributed by atoms with Crippen LogP contribution in [0.15, 0.2) is 31.9 Å². The second-order valence-electron chi connectivity index (χ2n) is 3.26. The zero-order valence-corrected chi connectivity index (χ0v) is 9.98. The van der Waals surface area contributed by atoms with E-state index in [1.807, 2.05) is 0 Å². The van der Waals surface area contributed by atoms with Crippen molar-refractivity contribution >= 4 is 33.4 Å². The Morgan fingerprint density at radius 2 is 2.18 bits per heavy atom. The second kappa shape index (κ2) is 4.58. The Hall–Kier alpha value is -1.82. The highest BCUT2D eigenvalue weighted by atomic mass is 79.9. The molecule has 0 saturated heterocycles.